The lowest BCUT2D eigenvalue weighted by atomic mass is 10.2. The molecule has 0 bridgehead atoms. The maximum absolute atomic E-state index is 11.4. The molecule has 13 heavy (non-hydrogen) atoms. The minimum absolute atomic E-state index is 0.304. The summed E-state index contributed by atoms with van der Waals surface area (Å²) in [4.78, 5) is 13.4. The average Bonchev–Trinajstić information content (AvgIpc) is 2.16. The van der Waals surface area contributed by atoms with Gasteiger partial charge in [0.1, 0.15) is 0 Å². The van der Waals surface area contributed by atoms with Crippen LogP contribution in [-0.4, -0.2) is 23.9 Å². The largest absolute Gasteiger partial charge is 0.343 e. The van der Waals surface area contributed by atoms with E-state index in [4.69, 9.17) is 0 Å². The predicted molar refractivity (Wildman–Crippen MR) is 56.7 cm³/mol. The smallest absolute Gasteiger partial charge is 0.222 e. The Morgan fingerprint density at radius 1 is 1.00 bits per heavy atom. The summed E-state index contributed by atoms with van der Waals surface area (Å²) in [6.07, 6.45) is 5.32. The highest BCUT2D eigenvalue weighted by Gasteiger charge is 2.08. The Hall–Kier alpha value is -0.530. The summed E-state index contributed by atoms with van der Waals surface area (Å²) >= 11 is 0. The number of rotatable bonds is 7. The highest BCUT2D eigenvalue weighted by molar-refractivity contribution is 5.75. The summed E-state index contributed by atoms with van der Waals surface area (Å²) in [6, 6.07) is 0. The van der Waals surface area contributed by atoms with Crippen LogP contribution in [0.1, 0.15) is 52.9 Å². The number of hydrogen-bond donors (Lipinski definition) is 0. The van der Waals surface area contributed by atoms with E-state index in [1.165, 1.54) is 12.8 Å². The molecule has 0 fully saturated rings. The standard InChI is InChI=1S/C11H23NO/c1-4-7-8-10-12(9-5-2)11(13)6-3/h4-10H2,1-3H3. The Kier molecular flexibility index (Phi) is 7.76. The number of hydrogen-bond acceptors (Lipinski definition) is 1. The molecule has 2 nitrogen and oxygen atoms in total. The number of unbranched alkanes of at least 4 members (excludes halogenated alkanes) is 2. The first-order valence-electron chi connectivity index (χ1n) is 5.54. The summed E-state index contributed by atoms with van der Waals surface area (Å²) in [6.45, 7) is 8.12. The van der Waals surface area contributed by atoms with E-state index in [0.29, 0.717) is 12.3 Å². The molecule has 1 amide bonds. The first kappa shape index (κ1) is 12.5. The lowest BCUT2D eigenvalue weighted by Gasteiger charge is -2.21. The van der Waals surface area contributed by atoms with E-state index in [1.54, 1.807) is 0 Å². The first-order valence-corrected chi connectivity index (χ1v) is 5.54. The predicted octanol–water partition coefficient (Wildman–Crippen LogP) is 2.83. The second-order valence-electron chi connectivity index (χ2n) is 3.44. The van der Waals surface area contributed by atoms with Crippen molar-refractivity contribution in [2.24, 2.45) is 0 Å². The van der Waals surface area contributed by atoms with Crippen molar-refractivity contribution in [3.63, 3.8) is 0 Å². The van der Waals surface area contributed by atoms with Gasteiger partial charge in [-0.15, -0.1) is 0 Å². The van der Waals surface area contributed by atoms with Crippen LogP contribution < -0.4 is 0 Å². The summed E-state index contributed by atoms with van der Waals surface area (Å²) < 4.78 is 0. The Labute approximate surface area is 82.3 Å². The van der Waals surface area contributed by atoms with Crippen LogP contribution in [0.2, 0.25) is 0 Å². The molecular formula is C11H23NO. The molecule has 78 valence electrons. The van der Waals surface area contributed by atoms with Crippen molar-refractivity contribution in [1.82, 2.24) is 4.90 Å². The zero-order chi connectivity index (χ0) is 10.1. The van der Waals surface area contributed by atoms with Crippen molar-refractivity contribution >= 4 is 5.91 Å². The third kappa shape index (κ3) is 5.67. The van der Waals surface area contributed by atoms with Gasteiger partial charge in [0.15, 0.2) is 0 Å². The minimum Gasteiger partial charge on any atom is -0.343 e. The molecule has 0 atom stereocenters. The van der Waals surface area contributed by atoms with Crippen LogP contribution in [0, 0.1) is 0 Å². The van der Waals surface area contributed by atoms with Crippen LogP contribution in [0.15, 0.2) is 0 Å². The third-order valence-corrected chi connectivity index (χ3v) is 2.18. The first-order chi connectivity index (χ1) is 6.26. The van der Waals surface area contributed by atoms with Crippen LogP contribution in [0.3, 0.4) is 0 Å². The van der Waals surface area contributed by atoms with Gasteiger partial charge < -0.3 is 4.90 Å². The Morgan fingerprint density at radius 2 is 1.69 bits per heavy atom. The van der Waals surface area contributed by atoms with E-state index in [-0.39, 0.29) is 0 Å². The third-order valence-electron chi connectivity index (χ3n) is 2.18. The fourth-order valence-corrected chi connectivity index (χ4v) is 1.41. The maximum Gasteiger partial charge on any atom is 0.222 e. The van der Waals surface area contributed by atoms with Crippen molar-refractivity contribution < 1.29 is 4.79 Å². The van der Waals surface area contributed by atoms with Crippen LogP contribution in [-0.2, 0) is 4.79 Å². The van der Waals surface area contributed by atoms with Crippen molar-refractivity contribution in [3.05, 3.63) is 0 Å². The number of amides is 1. The maximum atomic E-state index is 11.4. The lowest BCUT2D eigenvalue weighted by molar-refractivity contribution is -0.131. The molecule has 2 heteroatoms. The van der Waals surface area contributed by atoms with Gasteiger partial charge in [0, 0.05) is 19.5 Å². The lowest BCUT2D eigenvalue weighted by Crippen LogP contribution is -2.32. The summed E-state index contributed by atoms with van der Waals surface area (Å²) in [7, 11) is 0. The van der Waals surface area contributed by atoms with Crippen LogP contribution >= 0.6 is 0 Å². The second-order valence-corrected chi connectivity index (χ2v) is 3.44. The van der Waals surface area contributed by atoms with Gasteiger partial charge in [-0.25, -0.2) is 0 Å². The van der Waals surface area contributed by atoms with Crippen LogP contribution in [0.25, 0.3) is 0 Å². The van der Waals surface area contributed by atoms with Gasteiger partial charge >= 0.3 is 0 Å². The van der Waals surface area contributed by atoms with Gasteiger partial charge in [0.05, 0.1) is 0 Å². The van der Waals surface area contributed by atoms with Crippen LogP contribution in [0.5, 0.6) is 0 Å². The molecule has 0 unspecified atom stereocenters. The molecule has 0 saturated carbocycles. The molecule has 0 aromatic carbocycles. The molecule has 0 aliphatic carbocycles. The highest BCUT2D eigenvalue weighted by Crippen LogP contribution is 2.01. The van der Waals surface area contributed by atoms with E-state index in [0.717, 1.165) is 25.9 Å². The summed E-state index contributed by atoms with van der Waals surface area (Å²) in [5, 5.41) is 0. The molecule has 0 aliphatic rings. The molecule has 0 spiro atoms. The monoisotopic (exact) mass is 185 g/mol. The summed E-state index contributed by atoms with van der Waals surface area (Å²) in [5.74, 6) is 0.304. The SMILES string of the molecule is CCCCCN(CCC)C(=O)CC. The van der Waals surface area contributed by atoms with Crippen molar-refractivity contribution in [2.75, 3.05) is 13.1 Å². The second kappa shape index (κ2) is 8.09. The fourth-order valence-electron chi connectivity index (χ4n) is 1.41. The molecule has 0 aliphatic heterocycles. The van der Waals surface area contributed by atoms with E-state index in [2.05, 4.69) is 13.8 Å². The molecule has 0 saturated heterocycles. The molecule has 0 heterocycles. The van der Waals surface area contributed by atoms with E-state index >= 15 is 0 Å². The molecule has 0 rings (SSSR count). The quantitative estimate of drug-likeness (QED) is 0.558. The van der Waals surface area contributed by atoms with Crippen LogP contribution in [0.4, 0.5) is 0 Å². The molecule has 0 aromatic rings. The average molecular weight is 185 g/mol. The molecular weight excluding hydrogens is 162 g/mol. The van der Waals surface area contributed by atoms with Gasteiger partial charge in [0.25, 0.3) is 0 Å². The van der Waals surface area contributed by atoms with Gasteiger partial charge in [-0.1, -0.05) is 33.6 Å². The van der Waals surface area contributed by atoms with Gasteiger partial charge in [0.2, 0.25) is 5.91 Å². The molecule has 0 aromatic heterocycles. The fraction of sp³-hybridized carbons (Fsp3) is 0.909. The van der Waals surface area contributed by atoms with E-state index < -0.39 is 0 Å². The minimum atomic E-state index is 0.304. The number of carbonyl (C=O) groups is 1. The zero-order valence-corrected chi connectivity index (χ0v) is 9.31. The molecule has 0 N–H and O–H groups in total. The van der Waals surface area contributed by atoms with E-state index in [1.807, 2.05) is 11.8 Å². The molecule has 0 radical (unpaired) electrons. The normalized spacial score (nSPS) is 10.1. The number of nitrogens with zero attached hydrogens (tertiary/aromatic N) is 1. The van der Waals surface area contributed by atoms with Crippen molar-refractivity contribution in [3.8, 4) is 0 Å². The Bertz CT molecular complexity index is 134. The van der Waals surface area contributed by atoms with Crippen molar-refractivity contribution in [1.29, 1.82) is 0 Å². The Morgan fingerprint density at radius 3 is 2.15 bits per heavy atom. The topological polar surface area (TPSA) is 20.3 Å². The van der Waals surface area contributed by atoms with Gasteiger partial charge in [-0.3, -0.25) is 4.79 Å². The zero-order valence-electron chi connectivity index (χ0n) is 9.31. The number of carbonyl (C=O) groups excluding carboxylic acids is 1. The highest BCUT2D eigenvalue weighted by atomic mass is 16.2. The Balaban J connectivity index is 3.73. The van der Waals surface area contributed by atoms with Crippen molar-refractivity contribution in [2.45, 2.75) is 52.9 Å². The van der Waals surface area contributed by atoms with Gasteiger partial charge in [-0.05, 0) is 12.8 Å². The van der Waals surface area contributed by atoms with E-state index in [9.17, 15) is 4.79 Å². The van der Waals surface area contributed by atoms with Gasteiger partial charge in [-0.2, -0.15) is 0 Å². The summed E-state index contributed by atoms with van der Waals surface area (Å²) in [5.41, 5.74) is 0.